The number of primary amides is 1. The zero-order chi connectivity index (χ0) is 13.2. The molecule has 0 aliphatic rings. The Balaban J connectivity index is 2.26. The fourth-order valence-corrected chi connectivity index (χ4v) is 1.55. The van der Waals surface area contributed by atoms with Gasteiger partial charge in [-0.1, -0.05) is 19.8 Å². The molecule has 0 spiro atoms. The van der Waals surface area contributed by atoms with Crippen molar-refractivity contribution < 1.29 is 9.53 Å². The first-order valence-corrected chi connectivity index (χ1v) is 6.47. The van der Waals surface area contributed by atoms with E-state index >= 15 is 0 Å². The predicted octanol–water partition coefficient (Wildman–Crippen LogP) is 2.54. The molecule has 1 aromatic rings. The van der Waals surface area contributed by atoms with Crippen molar-refractivity contribution in [3.63, 3.8) is 0 Å². The molecule has 0 aliphatic heterocycles. The molecule has 0 saturated carbocycles. The third kappa shape index (κ3) is 6.13. The van der Waals surface area contributed by atoms with Crippen molar-refractivity contribution in [1.29, 1.82) is 0 Å². The van der Waals surface area contributed by atoms with E-state index in [4.69, 9.17) is 10.5 Å². The van der Waals surface area contributed by atoms with Crippen molar-refractivity contribution in [2.24, 2.45) is 5.73 Å². The lowest BCUT2D eigenvalue weighted by Crippen LogP contribution is -2.14. The van der Waals surface area contributed by atoms with Gasteiger partial charge >= 0.3 is 0 Å². The van der Waals surface area contributed by atoms with Gasteiger partial charge in [0.2, 0.25) is 5.91 Å². The van der Waals surface area contributed by atoms with Crippen molar-refractivity contribution in [1.82, 2.24) is 0 Å². The average molecular weight is 250 g/mol. The number of hydrogen-bond donors (Lipinski definition) is 2. The summed E-state index contributed by atoms with van der Waals surface area (Å²) in [7, 11) is 0. The molecule has 4 heteroatoms. The van der Waals surface area contributed by atoms with Crippen LogP contribution in [0.25, 0.3) is 0 Å². The second kappa shape index (κ2) is 8.39. The summed E-state index contributed by atoms with van der Waals surface area (Å²) in [5, 5.41) is 3.35. The molecule has 3 N–H and O–H groups in total. The first-order valence-electron chi connectivity index (χ1n) is 6.47. The van der Waals surface area contributed by atoms with Crippen molar-refractivity contribution in [2.75, 3.05) is 18.5 Å². The lowest BCUT2D eigenvalue weighted by molar-refractivity contribution is -0.118. The third-order valence-corrected chi connectivity index (χ3v) is 2.58. The van der Waals surface area contributed by atoms with E-state index in [2.05, 4.69) is 12.2 Å². The van der Waals surface area contributed by atoms with Crippen molar-refractivity contribution in [3.05, 3.63) is 24.3 Å². The van der Waals surface area contributed by atoms with Crippen LogP contribution >= 0.6 is 0 Å². The molecule has 1 aromatic carbocycles. The quantitative estimate of drug-likeness (QED) is 0.662. The Morgan fingerprint density at radius 2 is 2.00 bits per heavy atom. The predicted molar refractivity (Wildman–Crippen MR) is 73.8 cm³/mol. The van der Waals surface area contributed by atoms with E-state index in [0.29, 0.717) is 6.61 Å². The van der Waals surface area contributed by atoms with Gasteiger partial charge in [0, 0.05) is 12.2 Å². The fourth-order valence-electron chi connectivity index (χ4n) is 1.55. The highest BCUT2D eigenvalue weighted by molar-refractivity contribution is 5.73. The largest absolute Gasteiger partial charge is 0.493 e. The van der Waals surface area contributed by atoms with Crippen LogP contribution in [0.2, 0.25) is 0 Å². The SMILES string of the molecule is CCCCCNc1ccc(OCCC(N)=O)cc1. The average Bonchev–Trinajstić information content (AvgIpc) is 2.36. The molecule has 0 heterocycles. The number of unbranched alkanes of at least 4 members (excludes halogenated alkanes) is 2. The number of nitrogens with one attached hydrogen (secondary N) is 1. The van der Waals surface area contributed by atoms with Gasteiger partial charge in [-0.3, -0.25) is 4.79 Å². The molecule has 0 atom stereocenters. The van der Waals surface area contributed by atoms with Crippen LogP contribution in [0.4, 0.5) is 5.69 Å². The van der Waals surface area contributed by atoms with Gasteiger partial charge in [0.05, 0.1) is 13.0 Å². The lowest BCUT2D eigenvalue weighted by atomic mass is 10.2. The molecule has 18 heavy (non-hydrogen) atoms. The van der Waals surface area contributed by atoms with Crippen molar-refractivity contribution in [3.8, 4) is 5.75 Å². The molecular formula is C14H22N2O2. The second-order valence-corrected chi connectivity index (χ2v) is 4.22. The van der Waals surface area contributed by atoms with E-state index in [1.807, 2.05) is 24.3 Å². The number of rotatable bonds is 9. The summed E-state index contributed by atoms with van der Waals surface area (Å²) in [6.07, 6.45) is 3.92. The van der Waals surface area contributed by atoms with Crippen LogP contribution in [0.15, 0.2) is 24.3 Å². The van der Waals surface area contributed by atoms with Gasteiger partial charge in [-0.05, 0) is 30.7 Å². The monoisotopic (exact) mass is 250 g/mol. The lowest BCUT2D eigenvalue weighted by Gasteiger charge is -2.08. The Bertz CT molecular complexity index is 349. The molecule has 0 saturated heterocycles. The minimum absolute atomic E-state index is 0.247. The molecule has 0 aliphatic carbocycles. The molecule has 1 rings (SSSR count). The van der Waals surface area contributed by atoms with Crippen LogP contribution in [-0.2, 0) is 4.79 Å². The van der Waals surface area contributed by atoms with Crippen molar-refractivity contribution >= 4 is 11.6 Å². The molecule has 0 aromatic heterocycles. The van der Waals surface area contributed by atoms with E-state index in [0.717, 1.165) is 18.0 Å². The van der Waals surface area contributed by atoms with Gasteiger partial charge in [0.1, 0.15) is 5.75 Å². The number of benzene rings is 1. The summed E-state index contributed by atoms with van der Waals surface area (Å²) in [6, 6.07) is 7.74. The highest BCUT2D eigenvalue weighted by atomic mass is 16.5. The topological polar surface area (TPSA) is 64.3 Å². The molecule has 0 bridgehead atoms. The zero-order valence-electron chi connectivity index (χ0n) is 10.9. The Kier molecular flexibility index (Phi) is 6.69. The number of amides is 1. The molecule has 0 radical (unpaired) electrons. The fraction of sp³-hybridized carbons (Fsp3) is 0.500. The summed E-state index contributed by atoms with van der Waals surface area (Å²) in [6.45, 7) is 3.52. The minimum Gasteiger partial charge on any atom is -0.493 e. The maximum absolute atomic E-state index is 10.5. The van der Waals surface area contributed by atoms with E-state index in [1.165, 1.54) is 19.3 Å². The second-order valence-electron chi connectivity index (χ2n) is 4.22. The summed E-state index contributed by atoms with van der Waals surface area (Å²) in [5.41, 5.74) is 6.12. The normalized spacial score (nSPS) is 10.1. The minimum atomic E-state index is -0.343. The Morgan fingerprint density at radius 1 is 1.28 bits per heavy atom. The van der Waals surface area contributed by atoms with Gasteiger partial charge in [0.15, 0.2) is 0 Å². The first kappa shape index (κ1) is 14.4. The molecule has 0 fully saturated rings. The van der Waals surface area contributed by atoms with Crippen LogP contribution < -0.4 is 15.8 Å². The molecule has 4 nitrogen and oxygen atoms in total. The standard InChI is InChI=1S/C14H22N2O2/c1-2-3-4-10-16-12-5-7-13(8-6-12)18-11-9-14(15)17/h5-8,16H,2-4,9-11H2,1H3,(H2,15,17). The zero-order valence-corrected chi connectivity index (χ0v) is 10.9. The number of anilines is 1. The maximum Gasteiger partial charge on any atom is 0.220 e. The van der Waals surface area contributed by atoms with Crippen LogP contribution in [0.5, 0.6) is 5.75 Å². The van der Waals surface area contributed by atoms with Crippen LogP contribution in [0.1, 0.15) is 32.6 Å². The Morgan fingerprint density at radius 3 is 2.61 bits per heavy atom. The Labute approximate surface area is 109 Å². The molecule has 0 unspecified atom stereocenters. The number of nitrogens with two attached hydrogens (primary N) is 1. The van der Waals surface area contributed by atoms with E-state index in [-0.39, 0.29) is 12.3 Å². The third-order valence-electron chi connectivity index (χ3n) is 2.58. The molecule has 100 valence electrons. The number of hydrogen-bond acceptors (Lipinski definition) is 3. The van der Waals surface area contributed by atoms with Gasteiger partial charge in [-0.15, -0.1) is 0 Å². The van der Waals surface area contributed by atoms with Gasteiger partial charge < -0.3 is 15.8 Å². The highest BCUT2D eigenvalue weighted by Gasteiger charge is 1.97. The van der Waals surface area contributed by atoms with Crippen LogP contribution in [0.3, 0.4) is 0 Å². The summed E-state index contributed by atoms with van der Waals surface area (Å²) in [5.74, 6) is 0.416. The van der Waals surface area contributed by atoms with Crippen LogP contribution in [-0.4, -0.2) is 19.1 Å². The molecule has 1 amide bonds. The van der Waals surface area contributed by atoms with Gasteiger partial charge in [-0.25, -0.2) is 0 Å². The van der Waals surface area contributed by atoms with E-state index in [1.54, 1.807) is 0 Å². The van der Waals surface area contributed by atoms with Gasteiger partial charge in [-0.2, -0.15) is 0 Å². The number of ether oxygens (including phenoxy) is 1. The van der Waals surface area contributed by atoms with E-state index in [9.17, 15) is 4.79 Å². The maximum atomic E-state index is 10.5. The van der Waals surface area contributed by atoms with E-state index < -0.39 is 0 Å². The molecular weight excluding hydrogens is 228 g/mol. The smallest absolute Gasteiger partial charge is 0.220 e. The summed E-state index contributed by atoms with van der Waals surface area (Å²) >= 11 is 0. The number of carbonyl (C=O) groups is 1. The number of carbonyl (C=O) groups excluding carboxylic acids is 1. The summed E-state index contributed by atoms with van der Waals surface area (Å²) < 4.78 is 5.39. The summed E-state index contributed by atoms with van der Waals surface area (Å²) in [4.78, 5) is 10.5. The van der Waals surface area contributed by atoms with Gasteiger partial charge in [0.25, 0.3) is 0 Å². The first-order chi connectivity index (χ1) is 8.72. The highest BCUT2D eigenvalue weighted by Crippen LogP contribution is 2.15. The van der Waals surface area contributed by atoms with Crippen LogP contribution in [0, 0.1) is 0 Å². The Hall–Kier alpha value is -1.71. The van der Waals surface area contributed by atoms with Crippen molar-refractivity contribution in [2.45, 2.75) is 32.6 Å².